The zero-order chi connectivity index (χ0) is 13.1. The van der Waals surface area contributed by atoms with E-state index in [2.05, 4.69) is 35.0 Å². The maximum atomic E-state index is 5.66. The third-order valence-corrected chi connectivity index (χ3v) is 2.69. The van der Waals surface area contributed by atoms with Crippen LogP contribution in [-0.2, 0) is 12.8 Å². The molecule has 0 aliphatic carbocycles. The predicted octanol–water partition coefficient (Wildman–Crippen LogP) is 1.38. The molecule has 6 heteroatoms. The second-order valence-electron chi connectivity index (χ2n) is 3.87. The van der Waals surface area contributed by atoms with Gasteiger partial charge in [-0.25, -0.2) is 4.68 Å². The Kier molecular flexibility index (Phi) is 3.45. The van der Waals surface area contributed by atoms with Gasteiger partial charge in [-0.3, -0.25) is 0 Å². The van der Waals surface area contributed by atoms with E-state index in [-0.39, 0.29) is 5.95 Å². The van der Waals surface area contributed by atoms with E-state index >= 15 is 0 Å². The number of hydrogen-bond acceptors (Lipinski definition) is 5. The van der Waals surface area contributed by atoms with Crippen LogP contribution in [0.15, 0.2) is 12.1 Å². The van der Waals surface area contributed by atoms with Crippen LogP contribution in [0, 0.1) is 0 Å². The van der Waals surface area contributed by atoms with Crippen molar-refractivity contribution in [2.45, 2.75) is 26.7 Å². The smallest absolute Gasteiger partial charge is 0.225 e. The highest BCUT2D eigenvalue weighted by atomic mass is 16.5. The molecule has 0 spiro atoms. The fourth-order valence-corrected chi connectivity index (χ4v) is 1.74. The SMILES string of the molecule is CCc1cc(CC)n(-c2cc(OC)nc(N)n2)n1. The van der Waals surface area contributed by atoms with E-state index in [1.54, 1.807) is 17.9 Å². The Morgan fingerprint density at radius 1 is 1.22 bits per heavy atom. The quantitative estimate of drug-likeness (QED) is 0.883. The zero-order valence-corrected chi connectivity index (χ0v) is 10.8. The van der Waals surface area contributed by atoms with Crippen molar-refractivity contribution in [3.05, 3.63) is 23.5 Å². The number of ether oxygens (including phenoxy) is 1. The largest absolute Gasteiger partial charge is 0.481 e. The summed E-state index contributed by atoms with van der Waals surface area (Å²) in [5.74, 6) is 1.25. The molecule has 2 rings (SSSR count). The lowest BCUT2D eigenvalue weighted by Crippen LogP contribution is -2.08. The number of nitrogens with two attached hydrogens (primary N) is 1. The molecule has 6 nitrogen and oxygen atoms in total. The van der Waals surface area contributed by atoms with Gasteiger partial charge in [0.1, 0.15) is 0 Å². The molecular weight excluding hydrogens is 230 g/mol. The Balaban J connectivity index is 2.53. The van der Waals surface area contributed by atoms with E-state index < -0.39 is 0 Å². The second kappa shape index (κ2) is 5.03. The number of anilines is 1. The summed E-state index contributed by atoms with van der Waals surface area (Å²) in [5, 5.41) is 4.50. The summed E-state index contributed by atoms with van der Waals surface area (Å²) >= 11 is 0. The molecule has 0 bridgehead atoms. The Morgan fingerprint density at radius 3 is 2.61 bits per heavy atom. The molecule has 2 aromatic rings. The summed E-state index contributed by atoms with van der Waals surface area (Å²) in [6.07, 6.45) is 1.76. The third kappa shape index (κ3) is 2.27. The Morgan fingerprint density at radius 2 is 2.00 bits per heavy atom. The third-order valence-electron chi connectivity index (χ3n) is 2.69. The molecule has 0 fully saturated rings. The summed E-state index contributed by atoms with van der Waals surface area (Å²) in [7, 11) is 1.55. The number of nitrogen functional groups attached to an aromatic ring is 1. The van der Waals surface area contributed by atoms with Crippen molar-refractivity contribution in [1.82, 2.24) is 19.7 Å². The average molecular weight is 247 g/mol. The van der Waals surface area contributed by atoms with Gasteiger partial charge >= 0.3 is 0 Å². The molecule has 0 saturated heterocycles. The molecular formula is C12H17N5O. The van der Waals surface area contributed by atoms with Crippen LogP contribution < -0.4 is 10.5 Å². The molecule has 2 N–H and O–H groups in total. The maximum Gasteiger partial charge on any atom is 0.225 e. The van der Waals surface area contributed by atoms with Crippen LogP contribution in [0.1, 0.15) is 25.2 Å². The second-order valence-corrected chi connectivity index (χ2v) is 3.87. The summed E-state index contributed by atoms with van der Waals surface area (Å²) in [6, 6.07) is 3.80. The van der Waals surface area contributed by atoms with Crippen molar-refractivity contribution in [3.63, 3.8) is 0 Å². The molecule has 0 aromatic carbocycles. The molecule has 0 amide bonds. The maximum absolute atomic E-state index is 5.66. The van der Waals surface area contributed by atoms with Crippen LogP contribution in [-0.4, -0.2) is 26.9 Å². The lowest BCUT2D eigenvalue weighted by Gasteiger charge is -2.07. The monoisotopic (exact) mass is 247 g/mol. The summed E-state index contributed by atoms with van der Waals surface area (Å²) in [5.41, 5.74) is 7.78. The van der Waals surface area contributed by atoms with E-state index in [9.17, 15) is 0 Å². The zero-order valence-electron chi connectivity index (χ0n) is 10.8. The number of methoxy groups -OCH3 is 1. The van der Waals surface area contributed by atoms with Gasteiger partial charge in [-0.05, 0) is 18.9 Å². The fraction of sp³-hybridized carbons (Fsp3) is 0.417. The van der Waals surface area contributed by atoms with Crippen molar-refractivity contribution >= 4 is 5.95 Å². The van der Waals surface area contributed by atoms with Crippen LogP contribution in [0.25, 0.3) is 5.82 Å². The van der Waals surface area contributed by atoms with Gasteiger partial charge in [0.25, 0.3) is 0 Å². The van der Waals surface area contributed by atoms with E-state index in [1.165, 1.54) is 0 Å². The molecule has 2 aromatic heterocycles. The number of aryl methyl sites for hydroxylation is 2. The first kappa shape index (κ1) is 12.3. The minimum atomic E-state index is 0.181. The molecule has 0 saturated carbocycles. The van der Waals surface area contributed by atoms with Crippen molar-refractivity contribution in [1.29, 1.82) is 0 Å². The molecule has 0 unspecified atom stereocenters. The highest BCUT2D eigenvalue weighted by Crippen LogP contribution is 2.17. The highest BCUT2D eigenvalue weighted by molar-refractivity contribution is 5.36. The molecule has 0 aliphatic heterocycles. The van der Waals surface area contributed by atoms with Crippen molar-refractivity contribution in [2.75, 3.05) is 12.8 Å². The fourth-order valence-electron chi connectivity index (χ4n) is 1.74. The van der Waals surface area contributed by atoms with Gasteiger partial charge in [0, 0.05) is 11.8 Å². The van der Waals surface area contributed by atoms with Gasteiger partial charge in [-0.2, -0.15) is 15.1 Å². The van der Waals surface area contributed by atoms with Crippen molar-refractivity contribution < 1.29 is 4.74 Å². The molecule has 0 radical (unpaired) electrons. The number of aromatic nitrogens is 4. The van der Waals surface area contributed by atoms with E-state index in [0.29, 0.717) is 11.7 Å². The number of rotatable bonds is 4. The van der Waals surface area contributed by atoms with Gasteiger partial charge in [-0.15, -0.1) is 0 Å². The van der Waals surface area contributed by atoms with Gasteiger partial charge in [0.05, 0.1) is 12.8 Å². The Labute approximate surface area is 106 Å². The first-order valence-corrected chi connectivity index (χ1v) is 5.94. The minimum absolute atomic E-state index is 0.181. The lowest BCUT2D eigenvalue weighted by atomic mass is 10.2. The molecule has 96 valence electrons. The number of hydrogen-bond donors (Lipinski definition) is 1. The normalized spacial score (nSPS) is 10.6. The first-order valence-electron chi connectivity index (χ1n) is 5.94. The lowest BCUT2D eigenvalue weighted by molar-refractivity contribution is 0.397. The summed E-state index contributed by atoms with van der Waals surface area (Å²) in [6.45, 7) is 4.15. The van der Waals surface area contributed by atoms with Gasteiger partial charge in [-0.1, -0.05) is 13.8 Å². The standard InChI is InChI=1S/C12H17N5O/c1-4-8-6-9(5-2)17(16-8)10-7-11(18-3)15-12(13)14-10/h6-7H,4-5H2,1-3H3,(H2,13,14,15). The van der Waals surface area contributed by atoms with Gasteiger partial charge in [0.15, 0.2) is 5.82 Å². The van der Waals surface area contributed by atoms with Crippen LogP contribution in [0.5, 0.6) is 5.88 Å². The molecule has 18 heavy (non-hydrogen) atoms. The Bertz CT molecular complexity index is 549. The minimum Gasteiger partial charge on any atom is -0.481 e. The van der Waals surface area contributed by atoms with E-state index in [4.69, 9.17) is 10.5 Å². The van der Waals surface area contributed by atoms with Gasteiger partial charge in [0.2, 0.25) is 11.8 Å². The van der Waals surface area contributed by atoms with Gasteiger partial charge < -0.3 is 10.5 Å². The number of nitrogens with zero attached hydrogens (tertiary/aromatic N) is 4. The van der Waals surface area contributed by atoms with E-state index in [1.807, 2.05) is 0 Å². The summed E-state index contributed by atoms with van der Waals surface area (Å²) in [4.78, 5) is 8.16. The summed E-state index contributed by atoms with van der Waals surface area (Å²) < 4.78 is 6.88. The Hall–Kier alpha value is -2.11. The molecule has 2 heterocycles. The highest BCUT2D eigenvalue weighted by Gasteiger charge is 2.11. The van der Waals surface area contributed by atoms with Crippen LogP contribution in [0.2, 0.25) is 0 Å². The van der Waals surface area contributed by atoms with Crippen molar-refractivity contribution in [3.8, 4) is 11.7 Å². The predicted molar refractivity (Wildman–Crippen MR) is 68.9 cm³/mol. The first-order chi connectivity index (χ1) is 8.67. The van der Waals surface area contributed by atoms with Crippen molar-refractivity contribution in [2.24, 2.45) is 0 Å². The average Bonchev–Trinajstić information content (AvgIpc) is 2.81. The van der Waals surface area contributed by atoms with Crippen LogP contribution in [0.3, 0.4) is 0 Å². The van der Waals surface area contributed by atoms with E-state index in [0.717, 1.165) is 24.2 Å². The molecule has 0 atom stereocenters. The topological polar surface area (TPSA) is 78.9 Å². The molecule has 0 aliphatic rings. The van der Waals surface area contributed by atoms with Crippen LogP contribution in [0.4, 0.5) is 5.95 Å². The van der Waals surface area contributed by atoms with Crippen LogP contribution >= 0.6 is 0 Å².